The molecule has 1 N–H and O–H groups in total. The van der Waals surface area contributed by atoms with Crippen molar-refractivity contribution in [3.05, 3.63) is 68.7 Å². The quantitative estimate of drug-likeness (QED) is 0.701. The number of Topliss-reactive ketones (excluding diaryl/α,β-unsaturated/α-hetero) is 1. The SMILES string of the molecule is COC(=O)C1=C(C)NC2=C(C(=O)C[C@H](c3cccs3)C2)[C@H]1c1cccc(OC)c1OC. The molecule has 7 heteroatoms. The van der Waals surface area contributed by atoms with Gasteiger partial charge in [-0.3, -0.25) is 4.79 Å². The molecule has 0 radical (unpaired) electrons. The zero-order valence-corrected chi connectivity index (χ0v) is 18.8. The molecule has 2 heterocycles. The second-order valence-corrected chi connectivity index (χ2v) is 8.59. The number of hydrogen-bond acceptors (Lipinski definition) is 7. The molecule has 1 aromatic carbocycles. The van der Waals surface area contributed by atoms with Crippen molar-refractivity contribution in [3.8, 4) is 11.5 Å². The van der Waals surface area contributed by atoms with Gasteiger partial charge in [0.05, 0.1) is 32.8 Å². The van der Waals surface area contributed by atoms with E-state index in [1.165, 1.54) is 12.0 Å². The van der Waals surface area contributed by atoms with Crippen LogP contribution in [-0.2, 0) is 14.3 Å². The van der Waals surface area contributed by atoms with E-state index < -0.39 is 11.9 Å². The molecule has 4 rings (SSSR count). The van der Waals surface area contributed by atoms with Gasteiger partial charge in [-0.1, -0.05) is 18.2 Å². The Labute approximate surface area is 185 Å². The summed E-state index contributed by atoms with van der Waals surface area (Å²) in [5.41, 5.74) is 3.26. The number of esters is 1. The predicted octanol–water partition coefficient (Wildman–Crippen LogP) is 4.30. The van der Waals surface area contributed by atoms with Crippen molar-refractivity contribution in [1.82, 2.24) is 5.32 Å². The van der Waals surface area contributed by atoms with E-state index in [2.05, 4.69) is 11.4 Å². The highest BCUT2D eigenvalue weighted by Gasteiger charge is 2.42. The fourth-order valence-corrected chi connectivity index (χ4v) is 5.43. The zero-order chi connectivity index (χ0) is 22.1. The average molecular weight is 440 g/mol. The van der Waals surface area contributed by atoms with E-state index >= 15 is 0 Å². The Morgan fingerprint density at radius 1 is 1.10 bits per heavy atom. The van der Waals surface area contributed by atoms with Crippen LogP contribution in [-0.4, -0.2) is 33.1 Å². The van der Waals surface area contributed by atoms with Crippen LogP contribution in [0, 0.1) is 0 Å². The summed E-state index contributed by atoms with van der Waals surface area (Å²) in [6.07, 6.45) is 1.10. The molecule has 1 aromatic heterocycles. The first kappa shape index (κ1) is 21.2. The number of carbonyl (C=O) groups is 2. The molecule has 0 fully saturated rings. The summed E-state index contributed by atoms with van der Waals surface area (Å²) in [7, 11) is 4.47. The monoisotopic (exact) mass is 439 g/mol. The lowest BCUT2D eigenvalue weighted by Crippen LogP contribution is -2.36. The van der Waals surface area contributed by atoms with Crippen molar-refractivity contribution in [1.29, 1.82) is 0 Å². The van der Waals surface area contributed by atoms with E-state index in [1.807, 2.05) is 30.5 Å². The Morgan fingerprint density at radius 3 is 2.55 bits per heavy atom. The van der Waals surface area contributed by atoms with Crippen molar-refractivity contribution < 1.29 is 23.8 Å². The van der Waals surface area contributed by atoms with Gasteiger partial charge in [-0.25, -0.2) is 4.79 Å². The topological polar surface area (TPSA) is 73.9 Å². The third-order valence-electron chi connectivity index (χ3n) is 5.92. The Balaban J connectivity index is 1.89. The Kier molecular flexibility index (Phi) is 5.87. The molecule has 0 saturated heterocycles. The predicted molar refractivity (Wildman–Crippen MR) is 118 cm³/mol. The molecule has 6 nitrogen and oxygen atoms in total. The van der Waals surface area contributed by atoms with E-state index in [0.29, 0.717) is 46.7 Å². The zero-order valence-electron chi connectivity index (χ0n) is 18.0. The first-order valence-electron chi connectivity index (χ1n) is 10.1. The third kappa shape index (κ3) is 3.63. The summed E-state index contributed by atoms with van der Waals surface area (Å²) in [6.45, 7) is 1.84. The van der Waals surface area contributed by atoms with Crippen LogP contribution in [0.25, 0.3) is 0 Å². The Bertz CT molecular complexity index is 1080. The summed E-state index contributed by atoms with van der Waals surface area (Å²) in [5.74, 6) is 0.133. The largest absolute Gasteiger partial charge is 0.493 e. The fourth-order valence-electron chi connectivity index (χ4n) is 4.59. The van der Waals surface area contributed by atoms with Gasteiger partial charge in [-0.2, -0.15) is 0 Å². The summed E-state index contributed by atoms with van der Waals surface area (Å²) in [6, 6.07) is 9.58. The van der Waals surface area contributed by atoms with Crippen LogP contribution in [0.5, 0.6) is 11.5 Å². The Hall–Kier alpha value is -3.06. The first-order chi connectivity index (χ1) is 15.0. The Morgan fingerprint density at radius 2 is 1.90 bits per heavy atom. The van der Waals surface area contributed by atoms with Crippen molar-refractivity contribution in [2.45, 2.75) is 31.6 Å². The number of methoxy groups -OCH3 is 3. The van der Waals surface area contributed by atoms with Gasteiger partial charge in [0.15, 0.2) is 17.3 Å². The number of ether oxygens (including phenoxy) is 3. The number of rotatable bonds is 5. The van der Waals surface area contributed by atoms with Crippen molar-refractivity contribution in [2.75, 3.05) is 21.3 Å². The number of carbonyl (C=O) groups excluding carboxylic acids is 2. The van der Waals surface area contributed by atoms with Crippen LogP contribution in [0.1, 0.15) is 42.0 Å². The summed E-state index contributed by atoms with van der Waals surface area (Å²) in [4.78, 5) is 27.5. The maximum absolute atomic E-state index is 13.5. The van der Waals surface area contributed by atoms with Gasteiger partial charge in [0.2, 0.25) is 0 Å². The van der Waals surface area contributed by atoms with Crippen LogP contribution in [0.3, 0.4) is 0 Å². The summed E-state index contributed by atoms with van der Waals surface area (Å²) in [5, 5.41) is 5.37. The molecular weight excluding hydrogens is 414 g/mol. The van der Waals surface area contributed by atoms with Gasteiger partial charge in [-0.05, 0) is 30.9 Å². The van der Waals surface area contributed by atoms with Crippen LogP contribution in [0.15, 0.2) is 58.3 Å². The minimum atomic E-state index is -0.592. The summed E-state index contributed by atoms with van der Waals surface area (Å²) >= 11 is 1.66. The van der Waals surface area contributed by atoms with Crippen LogP contribution in [0.4, 0.5) is 0 Å². The van der Waals surface area contributed by atoms with Crippen molar-refractivity contribution in [2.24, 2.45) is 0 Å². The van der Waals surface area contributed by atoms with Crippen LogP contribution < -0.4 is 14.8 Å². The lowest BCUT2D eigenvalue weighted by Gasteiger charge is -2.36. The molecular formula is C24H25NO5S. The second-order valence-electron chi connectivity index (χ2n) is 7.61. The highest BCUT2D eigenvalue weighted by Crippen LogP contribution is 2.49. The molecule has 1 aliphatic carbocycles. The molecule has 0 spiro atoms. The van der Waals surface area contributed by atoms with Gasteiger partial charge >= 0.3 is 5.97 Å². The number of ketones is 1. The highest BCUT2D eigenvalue weighted by molar-refractivity contribution is 7.10. The van der Waals surface area contributed by atoms with Gasteiger partial charge < -0.3 is 19.5 Å². The second kappa shape index (κ2) is 8.59. The smallest absolute Gasteiger partial charge is 0.336 e. The van der Waals surface area contributed by atoms with Gasteiger partial charge in [0.25, 0.3) is 0 Å². The minimum Gasteiger partial charge on any atom is -0.493 e. The number of hydrogen-bond donors (Lipinski definition) is 1. The van der Waals surface area contributed by atoms with Crippen LogP contribution in [0.2, 0.25) is 0 Å². The summed E-state index contributed by atoms with van der Waals surface area (Å²) < 4.78 is 16.2. The third-order valence-corrected chi connectivity index (χ3v) is 6.96. The highest BCUT2D eigenvalue weighted by atomic mass is 32.1. The van der Waals surface area contributed by atoms with Crippen molar-refractivity contribution >= 4 is 23.1 Å². The number of para-hydroxylation sites is 1. The average Bonchev–Trinajstić information content (AvgIpc) is 3.31. The maximum Gasteiger partial charge on any atom is 0.336 e. The van der Waals surface area contributed by atoms with E-state index in [9.17, 15) is 9.59 Å². The molecule has 2 atom stereocenters. The molecule has 162 valence electrons. The minimum absolute atomic E-state index is 0.0240. The number of benzene rings is 1. The molecule has 0 unspecified atom stereocenters. The maximum atomic E-state index is 13.5. The molecule has 2 aromatic rings. The molecule has 2 aliphatic rings. The molecule has 0 amide bonds. The normalized spacial score (nSPS) is 20.8. The lowest BCUT2D eigenvalue weighted by molar-refractivity contribution is -0.136. The van der Waals surface area contributed by atoms with E-state index in [0.717, 1.165) is 5.70 Å². The molecule has 0 bridgehead atoms. The molecule has 0 saturated carbocycles. The van der Waals surface area contributed by atoms with Gasteiger partial charge in [0.1, 0.15) is 0 Å². The number of dihydropyridines is 1. The number of allylic oxidation sites excluding steroid dienone is 3. The number of thiophene rings is 1. The molecule has 1 aliphatic heterocycles. The van der Waals surface area contributed by atoms with Crippen molar-refractivity contribution in [3.63, 3.8) is 0 Å². The van der Waals surface area contributed by atoms with Gasteiger partial charge in [-0.15, -0.1) is 11.3 Å². The first-order valence-corrected chi connectivity index (χ1v) is 10.9. The van der Waals surface area contributed by atoms with E-state index in [1.54, 1.807) is 31.6 Å². The standard InChI is InChI=1S/C24H25NO5S/c1-13-20(24(27)30-4)21(15-7-5-8-18(28-2)23(15)29-3)22-16(25-13)11-14(12-17(22)26)19-9-6-10-31-19/h5-10,14,21,25H,11-12H2,1-4H3/t14-,21+/m1/s1. The van der Waals surface area contributed by atoms with E-state index in [-0.39, 0.29) is 11.7 Å². The lowest BCUT2D eigenvalue weighted by atomic mass is 9.72. The van der Waals surface area contributed by atoms with Gasteiger partial charge in [0, 0.05) is 39.7 Å². The molecule has 31 heavy (non-hydrogen) atoms. The van der Waals surface area contributed by atoms with E-state index in [4.69, 9.17) is 14.2 Å². The van der Waals surface area contributed by atoms with Crippen LogP contribution >= 0.6 is 11.3 Å². The number of nitrogens with one attached hydrogen (secondary N) is 1. The fraction of sp³-hybridized carbons (Fsp3) is 0.333.